The van der Waals surface area contributed by atoms with Gasteiger partial charge in [0.05, 0.1) is 19.1 Å². The lowest BCUT2D eigenvalue weighted by molar-refractivity contribution is -0.121. The Kier molecular flexibility index (Phi) is 8.28. The van der Waals surface area contributed by atoms with Gasteiger partial charge in [0.2, 0.25) is 15.9 Å². The first-order chi connectivity index (χ1) is 13.7. The Balaban J connectivity index is 1.89. The fourth-order valence-corrected chi connectivity index (χ4v) is 3.92. The number of benzene rings is 2. The van der Waals surface area contributed by atoms with Crippen LogP contribution in [0.25, 0.3) is 0 Å². The largest absolute Gasteiger partial charge is 0.495 e. The smallest absolute Gasteiger partial charge is 0.232 e. The van der Waals surface area contributed by atoms with Crippen LogP contribution in [0, 0.1) is 5.82 Å². The number of anilines is 1. The van der Waals surface area contributed by atoms with Gasteiger partial charge in [-0.3, -0.25) is 9.10 Å². The van der Waals surface area contributed by atoms with E-state index in [1.807, 2.05) is 0 Å². The SMILES string of the molecule is COc1ccc(Cl)cc1N(CCCC(=O)NCCc1ccc(F)cc1)S(C)(=O)=O. The molecule has 9 heteroatoms. The normalized spacial score (nSPS) is 11.2. The molecule has 2 rings (SSSR count). The van der Waals surface area contributed by atoms with E-state index >= 15 is 0 Å². The molecular formula is C20H24ClFN2O4S. The lowest BCUT2D eigenvalue weighted by atomic mass is 10.1. The van der Waals surface area contributed by atoms with Crippen molar-refractivity contribution in [2.75, 3.05) is 30.8 Å². The van der Waals surface area contributed by atoms with E-state index in [0.29, 0.717) is 35.8 Å². The summed E-state index contributed by atoms with van der Waals surface area (Å²) in [6, 6.07) is 10.8. The first-order valence-electron chi connectivity index (χ1n) is 9.03. The Labute approximate surface area is 175 Å². The topological polar surface area (TPSA) is 75.7 Å². The number of hydrogen-bond acceptors (Lipinski definition) is 4. The molecule has 2 aromatic rings. The molecule has 158 valence electrons. The highest BCUT2D eigenvalue weighted by Gasteiger charge is 2.21. The minimum atomic E-state index is -3.59. The Bertz CT molecular complexity index is 936. The number of halogens is 2. The van der Waals surface area contributed by atoms with Crippen molar-refractivity contribution in [1.29, 1.82) is 0 Å². The molecule has 0 aliphatic rings. The van der Waals surface area contributed by atoms with Gasteiger partial charge in [-0.2, -0.15) is 0 Å². The van der Waals surface area contributed by atoms with Crippen LogP contribution in [0.1, 0.15) is 18.4 Å². The Hall–Kier alpha value is -2.32. The summed E-state index contributed by atoms with van der Waals surface area (Å²) in [5, 5.41) is 3.17. The Morgan fingerprint density at radius 1 is 1.21 bits per heavy atom. The lowest BCUT2D eigenvalue weighted by Gasteiger charge is -2.24. The fraction of sp³-hybridized carbons (Fsp3) is 0.350. The van der Waals surface area contributed by atoms with Gasteiger partial charge in [-0.05, 0) is 48.7 Å². The number of nitrogens with one attached hydrogen (secondary N) is 1. The van der Waals surface area contributed by atoms with Gasteiger partial charge in [-0.15, -0.1) is 0 Å². The van der Waals surface area contributed by atoms with Gasteiger partial charge in [-0.25, -0.2) is 12.8 Å². The zero-order chi connectivity index (χ0) is 21.4. The molecule has 29 heavy (non-hydrogen) atoms. The number of carbonyl (C=O) groups is 1. The average Bonchev–Trinajstić information content (AvgIpc) is 2.66. The number of ether oxygens (including phenoxy) is 1. The van der Waals surface area contributed by atoms with E-state index in [0.717, 1.165) is 11.8 Å². The predicted octanol–water partition coefficient (Wildman–Crippen LogP) is 3.39. The second-order valence-electron chi connectivity index (χ2n) is 6.48. The van der Waals surface area contributed by atoms with Gasteiger partial charge in [0.25, 0.3) is 0 Å². The molecule has 1 amide bonds. The molecule has 0 spiro atoms. The highest BCUT2D eigenvalue weighted by molar-refractivity contribution is 7.92. The van der Waals surface area contributed by atoms with Crippen molar-refractivity contribution in [2.45, 2.75) is 19.3 Å². The van der Waals surface area contributed by atoms with Crippen LogP contribution in [0.4, 0.5) is 10.1 Å². The van der Waals surface area contributed by atoms with E-state index in [9.17, 15) is 17.6 Å². The molecule has 6 nitrogen and oxygen atoms in total. The second kappa shape index (κ2) is 10.5. The summed E-state index contributed by atoms with van der Waals surface area (Å²) >= 11 is 6.01. The van der Waals surface area contributed by atoms with Crippen LogP contribution in [0.15, 0.2) is 42.5 Å². The molecule has 0 saturated carbocycles. The zero-order valence-electron chi connectivity index (χ0n) is 16.3. The molecule has 0 fully saturated rings. The molecule has 0 aliphatic heterocycles. The molecule has 0 unspecified atom stereocenters. The van der Waals surface area contributed by atoms with Crippen LogP contribution >= 0.6 is 11.6 Å². The number of carbonyl (C=O) groups excluding carboxylic acids is 1. The molecule has 0 aliphatic carbocycles. The highest BCUT2D eigenvalue weighted by atomic mass is 35.5. The summed E-state index contributed by atoms with van der Waals surface area (Å²) < 4.78 is 43.8. The number of methoxy groups -OCH3 is 1. The zero-order valence-corrected chi connectivity index (χ0v) is 17.9. The molecule has 0 saturated heterocycles. The third kappa shape index (κ3) is 7.21. The van der Waals surface area contributed by atoms with Crippen molar-refractivity contribution < 1.29 is 22.3 Å². The van der Waals surface area contributed by atoms with E-state index in [4.69, 9.17) is 16.3 Å². The van der Waals surface area contributed by atoms with Gasteiger partial charge in [0.15, 0.2) is 0 Å². The van der Waals surface area contributed by atoms with Crippen LogP contribution in [-0.2, 0) is 21.2 Å². The van der Waals surface area contributed by atoms with E-state index in [2.05, 4.69) is 5.32 Å². The van der Waals surface area contributed by atoms with Crippen molar-refractivity contribution in [3.05, 3.63) is 58.9 Å². The monoisotopic (exact) mass is 442 g/mol. The highest BCUT2D eigenvalue weighted by Crippen LogP contribution is 2.32. The van der Waals surface area contributed by atoms with Crippen molar-refractivity contribution in [1.82, 2.24) is 5.32 Å². The van der Waals surface area contributed by atoms with Crippen LogP contribution in [0.5, 0.6) is 5.75 Å². The fourth-order valence-electron chi connectivity index (χ4n) is 2.79. The first-order valence-corrected chi connectivity index (χ1v) is 11.3. The summed E-state index contributed by atoms with van der Waals surface area (Å²) in [7, 11) is -2.14. The molecule has 1 N–H and O–H groups in total. The van der Waals surface area contributed by atoms with Gasteiger partial charge in [0.1, 0.15) is 11.6 Å². The number of nitrogens with zero attached hydrogens (tertiary/aromatic N) is 1. The predicted molar refractivity (Wildman–Crippen MR) is 113 cm³/mol. The average molecular weight is 443 g/mol. The molecule has 0 bridgehead atoms. The number of hydrogen-bond donors (Lipinski definition) is 1. The number of rotatable bonds is 10. The number of amides is 1. The third-order valence-corrected chi connectivity index (χ3v) is 5.64. The van der Waals surface area contributed by atoms with Gasteiger partial charge in [0, 0.05) is 24.5 Å². The van der Waals surface area contributed by atoms with Crippen molar-refractivity contribution >= 4 is 33.2 Å². The quantitative estimate of drug-likeness (QED) is 0.612. The molecule has 2 aromatic carbocycles. The maximum atomic E-state index is 12.9. The molecule has 0 heterocycles. The first kappa shape index (κ1) is 23.0. The van der Waals surface area contributed by atoms with Crippen LogP contribution < -0.4 is 14.4 Å². The minimum Gasteiger partial charge on any atom is -0.495 e. The van der Waals surface area contributed by atoms with E-state index in [1.165, 1.54) is 29.6 Å². The Morgan fingerprint density at radius 2 is 1.90 bits per heavy atom. The van der Waals surface area contributed by atoms with E-state index in [1.54, 1.807) is 24.3 Å². The maximum Gasteiger partial charge on any atom is 0.232 e. The summed E-state index contributed by atoms with van der Waals surface area (Å²) in [5.74, 6) is -0.105. The van der Waals surface area contributed by atoms with Crippen molar-refractivity contribution in [2.24, 2.45) is 0 Å². The third-order valence-electron chi connectivity index (χ3n) is 4.22. The summed E-state index contributed by atoms with van der Waals surface area (Å²) in [6.07, 6.45) is 2.17. The Morgan fingerprint density at radius 3 is 2.52 bits per heavy atom. The molecule has 0 atom stereocenters. The van der Waals surface area contributed by atoms with E-state index in [-0.39, 0.29) is 24.7 Å². The molecular weight excluding hydrogens is 419 g/mol. The summed E-state index contributed by atoms with van der Waals surface area (Å²) in [5.41, 5.74) is 1.25. The van der Waals surface area contributed by atoms with Gasteiger partial charge >= 0.3 is 0 Å². The van der Waals surface area contributed by atoms with Gasteiger partial charge < -0.3 is 10.1 Å². The van der Waals surface area contributed by atoms with Crippen LogP contribution in [0.3, 0.4) is 0 Å². The van der Waals surface area contributed by atoms with Gasteiger partial charge in [-0.1, -0.05) is 23.7 Å². The lowest BCUT2D eigenvalue weighted by Crippen LogP contribution is -2.32. The standard InChI is InChI=1S/C20H24ClFN2O4S/c1-28-19-10-7-16(21)14-18(19)24(29(2,26)27)13-3-4-20(25)23-12-11-15-5-8-17(22)9-6-15/h5-10,14H,3-4,11-13H2,1-2H3,(H,23,25). The number of sulfonamides is 1. The molecule has 0 aromatic heterocycles. The second-order valence-corrected chi connectivity index (χ2v) is 8.82. The van der Waals surface area contributed by atoms with E-state index < -0.39 is 10.0 Å². The maximum absolute atomic E-state index is 12.9. The summed E-state index contributed by atoms with van der Waals surface area (Å²) in [4.78, 5) is 12.0. The van der Waals surface area contributed by atoms with Crippen LogP contribution in [-0.4, -0.2) is 40.8 Å². The molecule has 0 radical (unpaired) electrons. The van der Waals surface area contributed by atoms with Crippen LogP contribution in [0.2, 0.25) is 5.02 Å². The minimum absolute atomic E-state index is 0.112. The van der Waals surface area contributed by atoms with Crippen molar-refractivity contribution in [3.8, 4) is 5.75 Å². The van der Waals surface area contributed by atoms with Crippen molar-refractivity contribution in [3.63, 3.8) is 0 Å². The summed E-state index contributed by atoms with van der Waals surface area (Å²) in [6.45, 7) is 0.531.